The number of benzene rings is 1. The Morgan fingerprint density at radius 3 is 2.79 bits per heavy atom. The number of rotatable bonds is 10. The number of nitrogens with one attached hydrogen (secondary N) is 2. The lowest BCUT2D eigenvalue weighted by Gasteiger charge is -2.19. The lowest BCUT2D eigenvalue weighted by Crippen LogP contribution is -2.40. The van der Waals surface area contributed by atoms with Gasteiger partial charge in [0.2, 0.25) is 0 Å². The number of hydrogen-bond acceptors (Lipinski definition) is 4. The van der Waals surface area contributed by atoms with E-state index in [9.17, 15) is 0 Å². The molecule has 1 heterocycles. The zero-order chi connectivity index (χ0) is 20.4. The van der Waals surface area contributed by atoms with Crippen LogP contribution in [0.4, 0.5) is 0 Å². The van der Waals surface area contributed by atoms with Gasteiger partial charge in [0.05, 0.1) is 16.1 Å². The fourth-order valence-corrected chi connectivity index (χ4v) is 3.38. The Kier molecular flexibility index (Phi) is 13.0. The van der Waals surface area contributed by atoms with Crippen LogP contribution in [-0.2, 0) is 13.0 Å². The summed E-state index contributed by atoms with van der Waals surface area (Å²) in [5.74, 6) is 2.86. The fourth-order valence-electron chi connectivity index (χ4n) is 2.66. The Morgan fingerprint density at radius 1 is 1.31 bits per heavy atom. The van der Waals surface area contributed by atoms with Gasteiger partial charge in [0, 0.05) is 26.1 Å². The molecule has 29 heavy (non-hydrogen) atoms. The monoisotopic (exact) mass is 570 g/mol. The first-order valence-corrected chi connectivity index (χ1v) is 11.6. The normalized spacial score (nSPS) is 12.4. The van der Waals surface area contributed by atoms with Crippen molar-refractivity contribution in [2.24, 2.45) is 4.99 Å². The summed E-state index contributed by atoms with van der Waals surface area (Å²) in [6.07, 6.45) is 5.78. The molecule has 0 bridgehead atoms. The predicted molar refractivity (Wildman–Crippen MR) is 136 cm³/mol. The molecule has 0 aliphatic carbocycles. The van der Waals surface area contributed by atoms with Gasteiger partial charge in [0.25, 0.3) is 0 Å². The van der Waals surface area contributed by atoms with Crippen molar-refractivity contribution in [2.45, 2.75) is 39.3 Å². The molecule has 0 saturated carbocycles. The minimum Gasteiger partial charge on any atom is -0.355 e. The maximum absolute atomic E-state index is 6.16. The van der Waals surface area contributed by atoms with Gasteiger partial charge in [-0.05, 0) is 43.0 Å². The third-order valence-electron chi connectivity index (χ3n) is 4.23. The van der Waals surface area contributed by atoms with E-state index in [1.165, 1.54) is 0 Å². The van der Waals surface area contributed by atoms with Crippen molar-refractivity contribution in [3.05, 3.63) is 46.0 Å². The van der Waals surface area contributed by atoms with Gasteiger partial charge in [-0.1, -0.05) is 36.2 Å². The smallest absolute Gasteiger partial charge is 0.191 e. The topological polar surface area (TPSA) is 67.1 Å². The second kappa shape index (κ2) is 14.3. The molecule has 0 aliphatic rings. The average Bonchev–Trinajstić information content (AvgIpc) is 3.14. The van der Waals surface area contributed by atoms with E-state index >= 15 is 0 Å². The van der Waals surface area contributed by atoms with E-state index in [0.717, 1.165) is 55.6 Å². The summed E-state index contributed by atoms with van der Waals surface area (Å²) in [5.41, 5.74) is 1.06. The van der Waals surface area contributed by atoms with Crippen molar-refractivity contribution in [3.8, 4) is 0 Å². The molecule has 2 rings (SSSR count). The van der Waals surface area contributed by atoms with Crippen molar-refractivity contribution in [1.29, 1.82) is 0 Å². The summed E-state index contributed by atoms with van der Waals surface area (Å²) in [6, 6.07) is 5.72. The van der Waals surface area contributed by atoms with Gasteiger partial charge in [0.15, 0.2) is 5.96 Å². The van der Waals surface area contributed by atoms with Crippen molar-refractivity contribution < 1.29 is 0 Å². The number of hydrogen-bond donors (Lipinski definition) is 2. The minimum atomic E-state index is 0. The van der Waals surface area contributed by atoms with Crippen molar-refractivity contribution in [2.75, 3.05) is 25.1 Å². The molecule has 1 atom stereocenters. The summed E-state index contributed by atoms with van der Waals surface area (Å²) < 4.78 is 2.06. The zero-order valence-electron chi connectivity index (χ0n) is 17.0. The molecule has 1 aromatic carbocycles. The molecule has 162 valence electrons. The third-order valence-corrected chi connectivity index (χ3v) is 5.67. The molecule has 0 fully saturated rings. The number of aliphatic imine (C=N–C) groups is 1. The van der Waals surface area contributed by atoms with Crippen LogP contribution >= 0.6 is 58.9 Å². The second-order valence-electron chi connectivity index (χ2n) is 6.34. The van der Waals surface area contributed by atoms with Gasteiger partial charge in [-0.15, -0.1) is 34.2 Å². The first-order chi connectivity index (χ1) is 13.5. The molecule has 1 aromatic heterocycles. The quantitative estimate of drug-likeness (QED) is 0.186. The van der Waals surface area contributed by atoms with E-state index in [4.69, 9.17) is 28.2 Å². The van der Waals surface area contributed by atoms with Crippen LogP contribution in [0.1, 0.15) is 37.7 Å². The average molecular weight is 571 g/mol. The summed E-state index contributed by atoms with van der Waals surface area (Å²) in [6.45, 7) is 6.44. The highest BCUT2D eigenvalue weighted by Crippen LogP contribution is 2.25. The van der Waals surface area contributed by atoms with Gasteiger partial charge in [-0.2, -0.15) is 11.8 Å². The highest BCUT2D eigenvalue weighted by atomic mass is 127. The van der Waals surface area contributed by atoms with E-state index < -0.39 is 0 Å². The Labute approximate surface area is 204 Å². The maximum atomic E-state index is 6.16. The van der Waals surface area contributed by atoms with E-state index in [1.807, 2.05) is 30.0 Å². The molecule has 6 nitrogen and oxygen atoms in total. The van der Waals surface area contributed by atoms with Crippen molar-refractivity contribution in [1.82, 2.24) is 25.4 Å². The van der Waals surface area contributed by atoms with Crippen LogP contribution in [0.3, 0.4) is 0 Å². The SMILES string of the molecule is CCc1nncn1CCNC(=NCCCSC)NC(C)c1ccc(Cl)c(Cl)c1.I. The van der Waals surface area contributed by atoms with Gasteiger partial charge in [-0.3, -0.25) is 4.99 Å². The first-order valence-electron chi connectivity index (χ1n) is 9.40. The molecular formula is C19H29Cl2IN6S. The summed E-state index contributed by atoms with van der Waals surface area (Å²) in [4.78, 5) is 4.71. The van der Waals surface area contributed by atoms with Crippen molar-refractivity contribution >= 4 is 64.9 Å². The number of nitrogens with zero attached hydrogens (tertiary/aromatic N) is 4. The highest BCUT2D eigenvalue weighted by Gasteiger charge is 2.10. The first kappa shape index (κ1) is 26.3. The van der Waals surface area contributed by atoms with Crippen LogP contribution in [0.15, 0.2) is 29.5 Å². The van der Waals surface area contributed by atoms with Gasteiger partial charge < -0.3 is 15.2 Å². The highest BCUT2D eigenvalue weighted by molar-refractivity contribution is 14.0. The van der Waals surface area contributed by atoms with Crippen LogP contribution in [0.25, 0.3) is 0 Å². The summed E-state index contributed by atoms with van der Waals surface area (Å²) in [5, 5.41) is 16.1. The number of guanidine groups is 1. The molecular weight excluding hydrogens is 542 g/mol. The molecule has 2 aromatic rings. The summed E-state index contributed by atoms with van der Waals surface area (Å²) in [7, 11) is 0. The molecule has 0 amide bonds. The van der Waals surface area contributed by atoms with Crippen LogP contribution in [0, 0.1) is 0 Å². The van der Waals surface area contributed by atoms with Crippen molar-refractivity contribution in [3.63, 3.8) is 0 Å². The van der Waals surface area contributed by atoms with Crippen LogP contribution < -0.4 is 10.6 Å². The molecule has 0 radical (unpaired) electrons. The molecule has 2 N–H and O–H groups in total. The van der Waals surface area contributed by atoms with E-state index in [0.29, 0.717) is 10.0 Å². The molecule has 0 spiro atoms. The maximum Gasteiger partial charge on any atom is 0.191 e. The zero-order valence-corrected chi connectivity index (χ0v) is 21.6. The van der Waals surface area contributed by atoms with Gasteiger partial charge in [-0.25, -0.2) is 0 Å². The Morgan fingerprint density at radius 2 is 2.10 bits per heavy atom. The molecule has 1 unspecified atom stereocenters. The Bertz CT molecular complexity index is 771. The van der Waals surface area contributed by atoms with E-state index in [2.05, 4.69) is 45.5 Å². The number of halogens is 3. The lowest BCUT2D eigenvalue weighted by molar-refractivity contribution is 0.619. The van der Waals surface area contributed by atoms with Crippen LogP contribution in [-0.4, -0.2) is 45.8 Å². The van der Waals surface area contributed by atoms with Crippen LogP contribution in [0.5, 0.6) is 0 Å². The van der Waals surface area contributed by atoms with Gasteiger partial charge in [0.1, 0.15) is 12.2 Å². The van der Waals surface area contributed by atoms with E-state index in [-0.39, 0.29) is 30.0 Å². The van der Waals surface area contributed by atoms with E-state index in [1.54, 1.807) is 6.33 Å². The standard InChI is InChI=1S/C19H28Cl2N6S.HI/c1-4-18-26-24-13-27(18)10-9-23-19(22-8-5-11-28-3)25-14(2)15-6-7-16(20)17(21)12-15;/h6-7,12-14H,4-5,8-11H2,1-3H3,(H2,22,23,25);1H. The summed E-state index contributed by atoms with van der Waals surface area (Å²) >= 11 is 14.0. The number of aromatic nitrogens is 3. The lowest BCUT2D eigenvalue weighted by atomic mass is 10.1. The third kappa shape index (κ3) is 8.90. The number of thioether (sulfide) groups is 1. The predicted octanol–water partition coefficient (Wildman–Crippen LogP) is 4.81. The molecule has 10 heteroatoms. The molecule has 0 saturated heterocycles. The second-order valence-corrected chi connectivity index (χ2v) is 8.14. The largest absolute Gasteiger partial charge is 0.355 e. The van der Waals surface area contributed by atoms with Gasteiger partial charge >= 0.3 is 0 Å². The minimum absolute atomic E-state index is 0. The molecule has 0 aliphatic heterocycles. The fraction of sp³-hybridized carbons (Fsp3) is 0.526. The van der Waals surface area contributed by atoms with Crippen LogP contribution in [0.2, 0.25) is 10.0 Å². The number of aryl methyl sites for hydroxylation is 1. The Balaban J connectivity index is 0.00000420. The Hall–Kier alpha value is -0.710.